The molecule has 1 aromatic heterocycles. The minimum atomic E-state index is -4.50. The summed E-state index contributed by atoms with van der Waals surface area (Å²) in [4.78, 5) is 12.1. The largest absolute Gasteiger partial charge is 0.461 e. The van der Waals surface area contributed by atoms with Gasteiger partial charge in [0.15, 0.2) is 5.76 Å². The maximum absolute atomic E-state index is 12.6. The van der Waals surface area contributed by atoms with Gasteiger partial charge in [-0.3, -0.25) is 4.79 Å². The van der Waals surface area contributed by atoms with Gasteiger partial charge < -0.3 is 4.42 Å². The molecule has 0 radical (unpaired) electrons. The molecule has 0 bridgehead atoms. The van der Waals surface area contributed by atoms with E-state index in [9.17, 15) is 18.0 Å². The number of hydrogen-bond acceptors (Lipinski definition) is 3. The number of carbonyl (C=O) groups is 1. The summed E-state index contributed by atoms with van der Waals surface area (Å²) in [7, 11) is 0. The third-order valence-corrected chi connectivity index (χ3v) is 3.35. The summed E-state index contributed by atoms with van der Waals surface area (Å²) < 4.78 is 42.6. The van der Waals surface area contributed by atoms with Gasteiger partial charge in [-0.1, -0.05) is 30.3 Å². The molecule has 2 rings (SSSR count). The van der Waals surface area contributed by atoms with Gasteiger partial charge in [0, 0.05) is 0 Å². The van der Waals surface area contributed by atoms with Crippen molar-refractivity contribution in [2.24, 2.45) is 0 Å². The molecule has 1 heterocycles. The molecule has 1 aromatic carbocycles. The van der Waals surface area contributed by atoms with Crippen molar-refractivity contribution >= 4 is 17.5 Å². The van der Waals surface area contributed by atoms with Gasteiger partial charge in [0.1, 0.15) is 5.25 Å². The van der Waals surface area contributed by atoms with Crippen LogP contribution < -0.4 is 0 Å². The third-order valence-electron chi connectivity index (χ3n) is 2.36. The van der Waals surface area contributed by atoms with E-state index in [1.54, 1.807) is 18.2 Å². The van der Waals surface area contributed by atoms with Crippen molar-refractivity contribution in [1.82, 2.24) is 0 Å². The maximum Gasteiger partial charge on any atom is 0.442 e. The van der Waals surface area contributed by atoms with E-state index >= 15 is 0 Å². The molecule has 1 atom stereocenters. The van der Waals surface area contributed by atoms with E-state index in [-0.39, 0.29) is 17.5 Å². The van der Waals surface area contributed by atoms with Crippen molar-refractivity contribution in [2.75, 3.05) is 0 Å². The lowest BCUT2D eigenvalue weighted by atomic mass is 10.1. The highest BCUT2D eigenvalue weighted by Crippen LogP contribution is 2.43. The second-order valence-electron chi connectivity index (χ2n) is 3.70. The van der Waals surface area contributed by atoms with Crippen LogP contribution in [0, 0.1) is 0 Å². The number of halogens is 3. The van der Waals surface area contributed by atoms with Gasteiger partial charge in [-0.15, -0.1) is 0 Å². The quantitative estimate of drug-likeness (QED) is 0.777. The summed E-state index contributed by atoms with van der Waals surface area (Å²) in [6, 6.07) is 10.7. The van der Waals surface area contributed by atoms with Crippen LogP contribution in [0.3, 0.4) is 0 Å². The molecule has 0 aliphatic carbocycles. The smallest absolute Gasteiger partial charge is 0.442 e. The van der Waals surface area contributed by atoms with Crippen molar-refractivity contribution in [2.45, 2.75) is 10.8 Å². The molecule has 2 aromatic rings. The standard InChI is InChI=1S/C13H9F3O2S/c14-13(15,16)19-12(9-5-2-1-3-6-9)11(17)10-7-4-8-18-10/h1-8,12H/t12-/m1/s1. The molecule has 0 saturated heterocycles. The Balaban J connectivity index is 2.32. The Bertz CT molecular complexity index is 535. The van der Waals surface area contributed by atoms with Crippen LogP contribution in [-0.2, 0) is 0 Å². The lowest BCUT2D eigenvalue weighted by Crippen LogP contribution is -2.14. The van der Waals surface area contributed by atoms with E-state index in [0.717, 1.165) is 0 Å². The van der Waals surface area contributed by atoms with Crippen LogP contribution in [0.5, 0.6) is 0 Å². The number of Topliss-reactive ketones (excluding diaryl/α,β-unsaturated/α-hetero) is 1. The van der Waals surface area contributed by atoms with Gasteiger partial charge in [0.2, 0.25) is 5.78 Å². The highest BCUT2D eigenvalue weighted by Gasteiger charge is 2.38. The molecule has 0 amide bonds. The van der Waals surface area contributed by atoms with Gasteiger partial charge in [-0.2, -0.15) is 13.2 Å². The van der Waals surface area contributed by atoms with Crippen LogP contribution in [0.15, 0.2) is 53.1 Å². The van der Waals surface area contributed by atoms with E-state index in [1.165, 1.54) is 30.5 Å². The number of thioether (sulfide) groups is 1. The van der Waals surface area contributed by atoms with Gasteiger partial charge in [0.05, 0.1) is 6.26 Å². The molecular weight excluding hydrogens is 277 g/mol. The van der Waals surface area contributed by atoms with Gasteiger partial charge in [0.25, 0.3) is 0 Å². The monoisotopic (exact) mass is 286 g/mol. The van der Waals surface area contributed by atoms with E-state index in [2.05, 4.69) is 0 Å². The first-order chi connectivity index (χ1) is 8.97. The SMILES string of the molecule is O=C(c1ccco1)[C@H](SC(F)(F)F)c1ccccc1. The predicted octanol–water partition coefficient (Wildman–Crippen LogP) is 4.46. The van der Waals surface area contributed by atoms with Gasteiger partial charge >= 0.3 is 5.51 Å². The number of hydrogen-bond donors (Lipinski definition) is 0. The molecular formula is C13H9F3O2S. The molecule has 0 aliphatic heterocycles. The number of furan rings is 1. The number of benzene rings is 1. The zero-order chi connectivity index (χ0) is 13.9. The number of carbonyl (C=O) groups excluding carboxylic acids is 1. The molecule has 2 nitrogen and oxygen atoms in total. The lowest BCUT2D eigenvalue weighted by molar-refractivity contribution is -0.0333. The van der Waals surface area contributed by atoms with Gasteiger partial charge in [-0.25, -0.2) is 0 Å². The molecule has 0 saturated carbocycles. The minimum Gasteiger partial charge on any atom is -0.461 e. The molecule has 0 unspecified atom stereocenters. The van der Waals surface area contributed by atoms with Crippen LogP contribution in [0.25, 0.3) is 0 Å². The fraction of sp³-hybridized carbons (Fsp3) is 0.154. The first kappa shape index (κ1) is 13.7. The Kier molecular flexibility index (Phi) is 3.99. The van der Waals surface area contributed by atoms with Crippen molar-refractivity contribution in [1.29, 1.82) is 0 Å². The number of alkyl halides is 3. The fourth-order valence-corrected chi connectivity index (χ4v) is 2.37. The van der Waals surface area contributed by atoms with E-state index in [0.29, 0.717) is 5.56 Å². The predicted molar refractivity (Wildman–Crippen MR) is 65.9 cm³/mol. The summed E-state index contributed by atoms with van der Waals surface area (Å²) in [5, 5.41) is -1.35. The van der Waals surface area contributed by atoms with E-state index < -0.39 is 16.5 Å². The van der Waals surface area contributed by atoms with Crippen LogP contribution in [0.2, 0.25) is 0 Å². The molecule has 0 aliphatic rings. The minimum absolute atomic E-state index is 0.0781. The molecule has 19 heavy (non-hydrogen) atoms. The molecule has 0 N–H and O–H groups in total. The zero-order valence-electron chi connectivity index (χ0n) is 9.55. The number of ketones is 1. The first-order valence-electron chi connectivity index (χ1n) is 5.34. The Labute approximate surface area is 111 Å². The zero-order valence-corrected chi connectivity index (χ0v) is 10.4. The van der Waals surface area contributed by atoms with E-state index in [4.69, 9.17) is 4.42 Å². The normalized spacial score (nSPS) is 13.2. The summed E-state index contributed by atoms with van der Waals surface area (Å²) in [5.74, 6) is -0.774. The summed E-state index contributed by atoms with van der Waals surface area (Å²) in [6.07, 6.45) is 1.26. The van der Waals surface area contributed by atoms with Crippen molar-refractivity contribution in [3.05, 3.63) is 60.1 Å². The highest BCUT2D eigenvalue weighted by atomic mass is 32.2. The second-order valence-corrected chi connectivity index (χ2v) is 4.87. The Morgan fingerprint density at radius 1 is 1.11 bits per heavy atom. The van der Waals surface area contributed by atoms with E-state index in [1.807, 2.05) is 0 Å². The van der Waals surface area contributed by atoms with Crippen molar-refractivity contribution in [3.8, 4) is 0 Å². The Hall–Kier alpha value is -1.69. The molecule has 0 fully saturated rings. The third kappa shape index (κ3) is 3.64. The van der Waals surface area contributed by atoms with Crippen LogP contribution in [-0.4, -0.2) is 11.3 Å². The van der Waals surface area contributed by atoms with Crippen molar-refractivity contribution < 1.29 is 22.4 Å². The highest BCUT2D eigenvalue weighted by molar-refractivity contribution is 8.01. The molecule has 100 valence electrons. The average Bonchev–Trinajstić information content (AvgIpc) is 2.89. The summed E-state index contributed by atoms with van der Waals surface area (Å²) in [6.45, 7) is 0. The van der Waals surface area contributed by atoms with Crippen LogP contribution >= 0.6 is 11.8 Å². The topological polar surface area (TPSA) is 30.2 Å². The van der Waals surface area contributed by atoms with Gasteiger partial charge in [-0.05, 0) is 29.5 Å². The second kappa shape index (κ2) is 5.52. The molecule has 6 heteroatoms. The maximum atomic E-state index is 12.6. The van der Waals surface area contributed by atoms with Crippen molar-refractivity contribution in [3.63, 3.8) is 0 Å². The Morgan fingerprint density at radius 2 is 1.79 bits per heavy atom. The Morgan fingerprint density at radius 3 is 2.32 bits per heavy atom. The summed E-state index contributed by atoms with van der Waals surface area (Å²) in [5.41, 5.74) is -4.20. The number of rotatable bonds is 4. The fourth-order valence-electron chi connectivity index (χ4n) is 1.58. The first-order valence-corrected chi connectivity index (χ1v) is 6.22. The average molecular weight is 286 g/mol. The molecule has 0 spiro atoms. The van der Waals surface area contributed by atoms with Crippen LogP contribution in [0.4, 0.5) is 13.2 Å². The lowest BCUT2D eigenvalue weighted by Gasteiger charge is -2.16. The summed E-state index contributed by atoms with van der Waals surface area (Å²) >= 11 is -0.348. The van der Waals surface area contributed by atoms with Crippen LogP contribution in [0.1, 0.15) is 21.4 Å².